The number of aryl methyl sites for hydroxylation is 1. The fourth-order valence-corrected chi connectivity index (χ4v) is 1.16. The van der Waals surface area contributed by atoms with Gasteiger partial charge in [0.05, 0.1) is 11.9 Å². The molecule has 2 aromatic rings. The molecule has 0 spiro atoms. The van der Waals surface area contributed by atoms with Gasteiger partial charge in [-0.2, -0.15) is 5.10 Å². The van der Waals surface area contributed by atoms with Crippen molar-refractivity contribution in [2.24, 2.45) is 7.05 Å². The summed E-state index contributed by atoms with van der Waals surface area (Å²) >= 11 is 0. The van der Waals surface area contributed by atoms with Crippen molar-refractivity contribution in [3.63, 3.8) is 0 Å². The second-order valence-electron chi connectivity index (χ2n) is 2.95. The summed E-state index contributed by atoms with van der Waals surface area (Å²) in [7, 11) is 1.70. The maximum Gasteiger partial charge on any atom is 0.238 e. The summed E-state index contributed by atoms with van der Waals surface area (Å²) in [6.45, 7) is 0. The van der Waals surface area contributed by atoms with Crippen LogP contribution in [-0.2, 0) is 7.05 Å². The molecule has 0 atom stereocenters. The number of hydrogen-bond donors (Lipinski definition) is 1. The molecule has 1 aromatic heterocycles. The molecule has 0 fully saturated rings. The highest BCUT2D eigenvalue weighted by molar-refractivity contribution is 5.56. The number of nitrogens with one attached hydrogen (secondary N) is 1. The summed E-state index contributed by atoms with van der Waals surface area (Å²) in [4.78, 5) is 4.11. The Morgan fingerprint density at radius 2 is 1.93 bits per heavy atom. The number of nitrogens with zero attached hydrogens (tertiary/aromatic N) is 3. The van der Waals surface area contributed by atoms with Crippen LogP contribution in [0.25, 0.3) is 11.3 Å². The number of benzene rings is 1. The first-order valence-electron chi connectivity index (χ1n) is 4.28. The zero-order valence-corrected chi connectivity index (χ0v) is 7.81. The van der Waals surface area contributed by atoms with Gasteiger partial charge in [0.1, 0.15) is 0 Å². The highest BCUT2D eigenvalue weighted by atomic mass is 15.3. The van der Waals surface area contributed by atoms with Crippen molar-refractivity contribution in [3.05, 3.63) is 42.1 Å². The average molecular weight is 186 g/mol. The minimum atomic E-state index is 0.159. The minimum Gasteiger partial charge on any atom is -0.266 e. The monoisotopic (exact) mass is 186 g/mol. The molecule has 4 nitrogen and oxygen atoms in total. The van der Waals surface area contributed by atoms with Crippen LogP contribution in [0.4, 0.5) is 0 Å². The highest BCUT2D eigenvalue weighted by Gasteiger charge is 1.98. The fraction of sp³-hybridized carbons (Fsp3) is 0.100. The lowest BCUT2D eigenvalue weighted by Crippen LogP contribution is -2.22. The zero-order valence-electron chi connectivity index (χ0n) is 7.81. The Bertz CT molecular complexity index is 487. The maximum absolute atomic E-state index is 7.50. The third-order valence-corrected chi connectivity index (χ3v) is 1.96. The highest BCUT2D eigenvalue weighted by Crippen LogP contribution is 2.12. The zero-order chi connectivity index (χ0) is 9.97. The largest absolute Gasteiger partial charge is 0.266 e. The standard InChI is InChI=1S/C10H10N4/c1-14-10(11)13-9(7-12-14)8-5-3-2-4-6-8/h2-7,11H,1H3. The molecule has 70 valence electrons. The van der Waals surface area contributed by atoms with E-state index in [9.17, 15) is 0 Å². The molecule has 0 aliphatic carbocycles. The van der Waals surface area contributed by atoms with Crippen LogP contribution in [0.3, 0.4) is 0 Å². The van der Waals surface area contributed by atoms with Crippen molar-refractivity contribution < 1.29 is 0 Å². The van der Waals surface area contributed by atoms with Gasteiger partial charge in [-0.1, -0.05) is 30.3 Å². The van der Waals surface area contributed by atoms with Gasteiger partial charge in [-0.3, -0.25) is 5.41 Å². The molecule has 0 saturated carbocycles. The molecule has 0 bridgehead atoms. The lowest BCUT2D eigenvalue weighted by atomic mass is 10.2. The molecule has 0 aliphatic rings. The molecule has 0 saturated heterocycles. The quantitative estimate of drug-likeness (QED) is 0.721. The van der Waals surface area contributed by atoms with Gasteiger partial charge in [0.25, 0.3) is 0 Å². The van der Waals surface area contributed by atoms with Gasteiger partial charge in [-0.25, -0.2) is 9.67 Å². The molecule has 0 aliphatic heterocycles. The van der Waals surface area contributed by atoms with E-state index in [4.69, 9.17) is 5.41 Å². The Kier molecular flexibility index (Phi) is 2.10. The van der Waals surface area contributed by atoms with Crippen molar-refractivity contribution in [1.29, 1.82) is 5.41 Å². The van der Waals surface area contributed by atoms with Crippen molar-refractivity contribution in [2.75, 3.05) is 0 Å². The van der Waals surface area contributed by atoms with E-state index in [1.807, 2.05) is 30.3 Å². The summed E-state index contributed by atoms with van der Waals surface area (Å²) in [5.74, 6) is 0. The van der Waals surface area contributed by atoms with Gasteiger partial charge in [0.2, 0.25) is 5.62 Å². The molecule has 1 heterocycles. The summed E-state index contributed by atoms with van der Waals surface area (Å²) in [6, 6.07) is 9.72. The first kappa shape index (κ1) is 8.62. The van der Waals surface area contributed by atoms with Crippen molar-refractivity contribution in [1.82, 2.24) is 14.8 Å². The minimum absolute atomic E-state index is 0.159. The summed E-state index contributed by atoms with van der Waals surface area (Å²) < 4.78 is 1.42. The van der Waals surface area contributed by atoms with E-state index in [1.54, 1.807) is 13.2 Å². The fourth-order valence-electron chi connectivity index (χ4n) is 1.16. The Labute approximate surface area is 81.4 Å². The lowest BCUT2D eigenvalue weighted by molar-refractivity contribution is 0.647. The first-order chi connectivity index (χ1) is 6.77. The van der Waals surface area contributed by atoms with Crippen LogP contribution in [-0.4, -0.2) is 14.8 Å². The topological polar surface area (TPSA) is 54.6 Å². The van der Waals surface area contributed by atoms with Crippen molar-refractivity contribution >= 4 is 0 Å². The summed E-state index contributed by atoms with van der Waals surface area (Å²) in [6.07, 6.45) is 1.66. The van der Waals surface area contributed by atoms with Crippen molar-refractivity contribution in [2.45, 2.75) is 0 Å². The molecule has 1 N–H and O–H groups in total. The van der Waals surface area contributed by atoms with Gasteiger partial charge >= 0.3 is 0 Å². The van der Waals surface area contributed by atoms with Crippen LogP contribution < -0.4 is 5.62 Å². The maximum atomic E-state index is 7.50. The van der Waals surface area contributed by atoms with Gasteiger partial charge in [0.15, 0.2) is 0 Å². The van der Waals surface area contributed by atoms with Gasteiger partial charge < -0.3 is 0 Å². The first-order valence-corrected chi connectivity index (χ1v) is 4.28. The Balaban J connectivity index is 2.54. The third kappa shape index (κ3) is 1.54. The van der Waals surface area contributed by atoms with E-state index in [2.05, 4.69) is 10.1 Å². The van der Waals surface area contributed by atoms with Crippen LogP contribution in [0.5, 0.6) is 0 Å². The van der Waals surface area contributed by atoms with Crippen molar-refractivity contribution in [3.8, 4) is 11.3 Å². The van der Waals surface area contributed by atoms with Crippen LogP contribution in [0.2, 0.25) is 0 Å². The second kappa shape index (κ2) is 3.41. The molecule has 0 unspecified atom stereocenters. The summed E-state index contributed by atoms with van der Waals surface area (Å²) in [5.41, 5.74) is 1.87. The Hall–Kier alpha value is -1.97. The smallest absolute Gasteiger partial charge is 0.238 e. The van der Waals surface area contributed by atoms with Crippen LogP contribution in [0.1, 0.15) is 0 Å². The van der Waals surface area contributed by atoms with Crippen LogP contribution >= 0.6 is 0 Å². The average Bonchev–Trinajstić information content (AvgIpc) is 2.23. The number of aromatic nitrogens is 3. The van der Waals surface area contributed by atoms with E-state index in [0.29, 0.717) is 0 Å². The third-order valence-electron chi connectivity index (χ3n) is 1.96. The summed E-state index contributed by atoms with van der Waals surface area (Å²) in [5, 5.41) is 11.5. The van der Waals surface area contributed by atoms with E-state index < -0.39 is 0 Å². The van der Waals surface area contributed by atoms with E-state index in [1.165, 1.54) is 4.68 Å². The van der Waals surface area contributed by atoms with E-state index in [0.717, 1.165) is 11.3 Å². The molecule has 14 heavy (non-hydrogen) atoms. The van der Waals surface area contributed by atoms with Gasteiger partial charge in [0, 0.05) is 12.6 Å². The van der Waals surface area contributed by atoms with Gasteiger partial charge in [-0.05, 0) is 0 Å². The normalized spacial score (nSPS) is 10.1. The Morgan fingerprint density at radius 3 is 2.57 bits per heavy atom. The van der Waals surface area contributed by atoms with E-state index in [-0.39, 0.29) is 5.62 Å². The van der Waals surface area contributed by atoms with E-state index >= 15 is 0 Å². The molecule has 2 rings (SSSR count). The number of hydrogen-bond acceptors (Lipinski definition) is 3. The molecule has 0 amide bonds. The number of rotatable bonds is 1. The predicted octanol–water partition coefficient (Wildman–Crippen LogP) is 0.962. The second-order valence-corrected chi connectivity index (χ2v) is 2.95. The lowest BCUT2D eigenvalue weighted by Gasteiger charge is -2.00. The molecular formula is C10H10N4. The SMILES string of the molecule is Cn1ncc(-c2ccccc2)nc1=N. The van der Waals surface area contributed by atoms with Gasteiger partial charge in [-0.15, -0.1) is 0 Å². The molecular weight excluding hydrogens is 176 g/mol. The van der Waals surface area contributed by atoms with Crippen LogP contribution in [0.15, 0.2) is 36.5 Å². The molecule has 1 aromatic carbocycles. The predicted molar refractivity (Wildman–Crippen MR) is 52.3 cm³/mol. The van der Waals surface area contributed by atoms with Crippen LogP contribution in [0, 0.1) is 5.41 Å². The molecule has 4 heteroatoms. The molecule has 0 radical (unpaired) electrons. The Morgan fingerprint density at radius 1 is 1.21 bits per heavy atom.